The predicted octanol–water partition coefficient (Wildman–Crippen LogP) is 6.99. The second kappa shape index (κ2) is 87.9. The molecule has 0 saturated carbocycles. The zero-order valence-corrected chi connectivity index (χ0v) is 80.7. The predicted molar refractivity (Wildman–Crippen MR) is 531 cm³/mol. The van der Waals surface area contributed by atoms with E-state index in [-0.39, 0.29) is 168 Å². The summed E-state index contributed by atoms with van der Waals surface area (Å²) in [6.45, 7) is 22.2. The van der Waals surface area contributed by atoms with Gasteiger partial charge in [0.2, 0.25) is 29.5 Å². The van der Waals surface area contributed by atoms with Gasteiger partial charge in [-0.1, -0.05) is 92.4 Å². The van der Waals surface area contributed by atoms with Crippen LogP contribution in [0.4, 0.5) is 0 Å². The number of carbonyl (C=O) groups is 10. The van der Waals surface area contributed by atoms with Crippen molar-refractivity contribution in [3.8, 4) is 58.2 Å². The van der Waals surface area contributed by atoms with Crippen LogP contribution in [-0.4, -0.2) is 309 Å². The summed E-state index contributed by atoms with van der Waals surface area (Å²) in [6, 6.07) is 28.5. The first-order chi connectivity index (χ1) is 64.7. The zero-order chi connectivity index (χ0) is 99.8. The molecule has 9 N–H and O–H groups in total. The molecule has 30 nitrogen and oxygen atoms in total. The number of allylic oxidation sites excluding steroid dienone is 1. The van der Waals surface area contributed by atoms with Gasteiger partial charge in [-0.15, -0.1) is 23.8 Å². The number of benzene rings is 4. The number of nitrogens with one attached hydrogen (secondary N) is 9. The Balaban J connectivity index is 0. The van der Waals surface area contributed by atoms with Crippen LogP contribution in [-0.2, 0) is 61.9 Å². The Bertz CT molecular complexity index is 4190. The Hall–Kier alpha value is -10.4. The van der Waals surface area contributed by atoms with E-state index >= 15 is 0 Å². The quantitative estimate of drug-likeness (QED) is 0.00930. The van der Waals surface area contributed by atoms with Crippen molar-refractivity contribution in [1.82, 2.24) is 47.9 Å². The van der Waals surface area contributed by atoms with Crippen molar-refractivity contribution in [2.45, 2.75) is 175 Å². The summed E-state index contributed by atoms with van der Waals surface area (Å²) >= 11 is 0. The molecule has 0 bridgehead atoms. The van der Waals surface area contributed by atoms with Gasteiger partial charge >= 0.3 is 0 Å². The fourth-order valence-corrected chi connectivity index (χ4v) is 10.1. The maximum Gasteiger partial charge on any atom is 0.246 e. The van der Waals surface area contributed by atoms with Crippen LogP contribution in [0.5, 0.6) is 23.0 Å². The lowest BCUT2D eigenvalue weighted by Gasteiger charge is -2.15. The molecule has 12 radical (unpaired) electrons. The Labute approximate surface area is 804 Å². The first-order valence-corrected chi connectivity index (χ1v) is 45.1. The molecule has 5 amide bonds. The SMILES string of the molecule is [B]/C=C/CCC(=O)COCCOC(C)COc1cccc(C(=O)CCCNC)c1.[B]/C=C/CNC(=O)COC(C)CC.[B]/C=C/CNC(=O)COC(C)COc1cccc(C(=O)CCCNC)c1.[B]C#CCCNC(=O)COC(C)COc1cccc(C(=O)CCCNC)c1.[B]C#CCNC(=O)COC(C)CC.[B]C#CCNC(=O)COC(C)COc1cccc(C(=O)CCCNC)c1. The van der Waals surface area contributed by atoms with E-state index in [4.69, 9.17) is 99.2 Å². The summed E-state index contributed by atoms with van der Waals surface area (Å²) in [5.74, 6) is 20.5. The third-order valence-corrected chi connectivity index (χ3v) is 17.9. The van der Waals surface area contributed by atoms with Crippen molar-refractivity contribution >= 4 is 106 Å². The maximum atomic E-state index is 12.2. The van der Waals surface area contributed by atoms with Gasteiger partial charge in [0.05, 0.1) is 62.9 Å². The van der Waals surface area contributed by atoms with Gasteiger partial charge in [-0.25, -0.2) is 0 Å². The maximum absolute atomic E-state index is 12.2. The van der Waals surface area contributed by atoms with Crippen molar-refractivity contribution in [3.63, 3.8) is 0 Å². The number of Topliss-reactive ketones (excluding diaryl/α,β-unsaturated/α-hetero) is 5. The molecule has 0 heterocycles. The highest BCUT2D eigenvalue weighted by Gasteiger charge is 2.17. The molecule has 4 aromatic rings. The van der Waals surface area contributed by atoms with Gasteiger partial charge in [0.15, 0.2) is 52.5 Å². The summed E-state index contributed by atoms with van der Waals surface area (Å²) in [7, 11) is 37.9. The van der Waals surface area contributed by atoms with Gasteiger partial charge in [-0.2, -0.15) is 17.5 Å². The van der Waals surface area contributed by atoms with Gasteiger partial charge in [0.1, 0.15) is 113 Å². The van der Waals surface area contributed by atoms with Gasteiger partial charge in [-0.3, -0.25) is 47.9 Å². The number of hydrogen-bond donors (Lipinski definition) is 9. The zero-order valence-electron chi connectivity index (χ0n) is 80.7. The highest BCUT2D eigenvalue weighted by atomic mass is 16.6. The number of amides is 5. The monoisotopic (exact) mass is 1850 g/mol. The Morgan fingerprint density at radius 2 is 0.649 bits per heavy atom. The van der Waals surface area contributed by atoms with Crippen molar-refractivity contribution in [3.05, 3.63) is 155 Å². The first kappa shape index (κ1) is 126. The second-order valence-corrected chi connectivity index (χ2v) is 29.6. The molecule has 0 spiro atoms. The summed E-state index contributed by atoms with van der Waals surface area (Å²) in [6.07, 6.45) is 12.9. The molecular weight excluding hydrogens is 1700 g/mol. The van der Waals surface area contributed by atoms with E-state index in [9.17, 15) is 47.9 Å². The lowest BCUT2D eigenvalue weighted by atomic mass is 10.1. The highest BCUT2D eigenvalue weighted by Crippen LogP contribution is 2.21. The molecule has 6 unspecified atom stereocenters. The molecular formula is C98H141B6N9O21. The van der Waals surface area contributed by atoms with E-state index in [1.165, 1.54) is 17.9 Å². The average molecular weight is 1850 g/mol. The minimum Gasteiger partial charge on any atom is -0.491 e. The Kier molecular flexibility index (Phi) is 82.5. The molecule has 0 aliphatic heterocycles. The summed E-state index contributed by atoms with van der Waals surface area (Å²) in [5.41, 5.74) is 2.57. The first-order valence-electron chi connectivity index (χ1n) is 45.1. The Morgan fingerprint density at radius 1 is 0.351 bits per heavy atom. The molecule has 0 aliphatic rings. The summed E-state index contributed by atoms with van der Waals surface area (Å²) in [4.78, 5) is 117. The second-order valence-electron chi connectivity index (χ2n) is 29.6. The van der Waals surface area contributed by atoms with Crippen LogP contribution in [0.15, 0.2) is 133 Å². The van der Waals surface area contributed by atoms with Crippen molar-refractivity contribution in [1.29, 1.82) is 0 Å². The van der Waals surface area contributed by atoms with Crippen molar-refractivity contribution in [2.24, 2.45) is 0 Å². The van der Waals surface area contributed by atoms with Crippen molar-refractivity contribution in [2.75, 3.05) is 166 Å². The van der Waals surface area contributed by atoms with E-state index in [0.29, 0.717) is 130 Å². The van der Waals surface area contributed by atoms with Crippen LogP contribution in [0.1, 0.15) is 180 Å². The topological polar surface area (TPSA) is 380 Å². The normalized spacial score (nSPS) is 11.8. The van der Waals surface area contributed by atoms with E-state index in [0.717, 1.165) is 64.7 Å². The molecule has 0 saturated heterocycles. The fraction of sp³-hybridized carbons (Fsp3) is 0.531. The van der Waals surface area contributed by atoms with Crippen LogP contribution in [0.2, 0.25) is 0 Å². The minimum atomic E-state index is -0.281. The van der Waals surface area contributed by atoms with Crippen LogP contribution in [0, 0.1) is 35.2 Å². The number of ether oxygens (including phenoxy) is 11. The smallest absolute Gasteiger partial charge is 0.246 e. The Morgan fingerprint density at radius 3 is 0.948 bits per heavy atom. The molecule has 0 aliphatic carbocycles. The molecule has 4 rings (SSSR count). The third-order valence-electron chi connectivity index (χ3n) is 17.9. The molecule has 6 atom stereocenters. The van der Waals surface area contributed by atoms with E-state index in [1.54, 1.807) is 110 Å². The summed E-state index contributed by atoms with van der Waals surface area (Å²) < 4.78 is 60.4. The minimum absolute atomic E-state index is 0.0415. The van der Waals surface area contributed by atoms with Gasteiger partial charge < -0.3 is 100.0 Å². The average Bonchev–Trinajstić information content (AvgIpc) is 0.892. The molecule has 4 aromatic carbocycles. The van der Waals surface area contributed by atoms with Crippen LogP contribution in [0.3, 0.4) is 0 Å². The van der Waals surface area contributed by atoms with Gasteiger partial charge in [-0.05, 0) is 189 Å². The van der Waals surface area contributed by atoms with Crippen LogP contribution >= 0.6 is 0 Å². The number of hydrogen-bond acceptors (Lipinski definition) is 25. The lowest BCUT2D eigenvalue weighted by Crippen LogP contribution is -2.31. The van der Waals surface area contributed by atoms with Gasteiger partial charge in [0.25, 0.3) is 0 Å². The van der Waals surface area contributed by atoms with Crippen LogP contribution < -0.4 is 66.8 Å². The van der Waals surface area contributed by atoms with E-state index in [2.05, 4.69) is 83.1 Å². The standard InChI is InChI=1S/C22H32BNO5.C20H27BN2O4.C19H27BN2O4.C19H25BN2O4.C9H16BNO2.C9H14BNO2/c1-18(28-14-13-27-17-20(25)8-3-4-11-23)16-29-21-9-5-7-19(15-21)22(26)10-6-12-24-2;1-16(26-15-20(25)23-12-4-3-10-21)14-27-18-8-5-7-17(13-18)19(24)9-6-11-22-2;2*1-15(25-14-19(24)22-11-5-9-20)13-26-17-7-3-6-16(12-17)18(23)8-4-10-21-2;2*1-3-8(2)13-7-9(12)11-6-4-5-10/h4-5,7,9,11,15,18,24H,3,6,8,10,12-14,16-17H2,1-2H3;5,7-8,13,16,22H,4,6,9,11-12,14-15H2,1-2H3,(H,23,25);3,5-7,9,12,15,21H,4,8,10-11,13-14H2,1-2H3,(H,22,24);3,6-7,12,15,21H,4,8,10-11,13-14H2,1-2H3,(H,22,24);4-5,8H,3,6-7H2,1-2H3,(H,11,12);8H,3,6-7H2,1-2H3,(H,11,12)/b11-4+;;9-5+;;5-4+;. The number of carbonyl (C=O) groups excluding carboxylic acids is 10. The molecule has 722 valence electrons. The summed E-state index contributed by atoms with van der Waals surface area (Å²) in [5, 5.41) is 25.2. The highest BCUT2D eigenvalue weighted by molar-refractivity contribution is 6.22. The van der Waals surface area contributed by atoms with Crippen LogP contribution in [0.25, 0.3) is 0 Å². The van der Waals surface area contributed by atoms with Gasteiger partial charge in [0, 0.05) is 80.4 Å². The largest absolute Gasteiger partial charge is 0.491 e. The third kappa shape index (κ3) is 75.0. The van der Waals surface area contributed by atoms with E-state index < -0.39 is 0 Å². The molecule has 134 heavy (non-hydrogen) atoms. The number of ketones is 5. The molecule has 36 heteroatoms. The number of rotatable bonds is 66. The molecule has 0 fully saturated rings. The molecule has 0 aromatic heterocycles. The lowest BCUT2D eigenvalue weighted by molar-refractivity contribution is -0.128. The van der Waals surface area contributed by atoms with E-state index in [1.807, 2.05) is 88.8 Å². The van der Waals surface area contributed by atoms with Crippen molar-refractivity contribution < 1.29 is 100 Å². The fourth-order valence-electron chi connectivity index (χ4n) is 10.1.